The molecule has 0 aliphatic carbocycles. The molecule has 1 fully saturated rings. The number of aliphatic hydroxyl groups is 1. The summed E-state index contributed by atoms with van der Waals surface area (Å²) in [5.74, 6) is -2.85. The zero-order valence-electron chi connectivity index (χ0n) is 19.2. The maximum atomic E-state index is 13.3. The molecule has 10 nitrogen and oxygen atoms in total. The third-order valence-corrected chi connectivity index (χ3v) is 5.75. The molecule has 3 aromatic rings. The van der Waals surface area contributed by atoms with Crippen LogP contribution in [0.4, 0.5) is 11.4 Å². The molecule has 36 heavy (non-hydrogen) atoms. The largest absolute Gasteiger partial charge is 0.507 e. The second-order valence-electron chi connectivity index (χ2n) is 7.76. The second kappa shape index (κ2) is 9.71. The summed E-state index contributed by atoms with van der Waals surface area (Å²) in [6, 6.07) is 16.5. The molecule has 0 aromatic heterocycles. The smallest absolute Gasteiger partial charge is 0.337 e. The van der Waals surface area contributed by atoms with Crippen LogP contribution in [0.15, 0.2) is 78.4 Å². The van der Waals surface area contributed by atoms with Crippen molar-refractivity contribution in [2.24, 2.45) is 0 Å². The number of nitro groups is 1. The predicted molar refractivity (Wildman–Crippen MR) is 129 cm³/mol. The van der Waals surface area contributed by atoms with Crippen molar-refractivity contribution in [3.8, 4) is 5.75 Å². The third-order valence-electron chi connectivity index (χ3n) is 5.75. The minimum atomic E-state index is -1.16. The number of para-hydroxylation sites is 1. The van der Waals surface area contributed by atoms with Gasteiger partial charge in [0.25, 0.3) is 17.4 Å². The number of nitro benzene ring substituents is 1. The Labute approximate surface area is 205 Å². The Bertz CT molecular complexity index is 1430. The fraction of sp³-hybridized carbons (Fsp3) is 0.115. The van der Waals surface area contributed by atoms with Gasteiger partial charge >= 0.3 is 5.97 Å². The molecule has 10 heteroatoms. The number of Topliss-reactive ketones (excluding diaryl/α,β-unsaturated/α-hetero) is 1. The number of aliphatic hydroxyl groups excluding tert-OH is 1. The molecule has 0 saturated carbocycles. The average molecular weight is 488 g/mol. The number of esters is 1. The monoisotopic (exact) mass is 488 g/mol. The lowest BCUT2D eigenvalue weighted by atomic mass is 9.94. The number of hydrogen-bond acceptors (Lipinski definition) is 8. The maximum Gasteiger partial charge on any atom is 0.337 e. The van der Waals surface area contributed by atoms with Crippen molar-refractivity contribution in [2.75, 3.05) is 19.1 Å². The summed E-state index contributed by atoms with van der Waals surface area (Å²) in [7, 11) is 2.64. The van der Waals surface area contributed by atoms with E-state index < -0.39 is 34.4 Å². The van der Waals surface area contributed by atoms with E-state index in [0.717, 1.165) is 11.0 Å². The minimum absolute atomic E-state index is 0.00888. The first-order valence-electron chi connectivity index (χ1n) is 10.7. The normalized spacial score (nSPS) is 16.6. The van der Waals surface area contributed by atoms with Gasteiger partial charge < -0.3 is 14.6 Å². The summed E-state index contributed by atoms with van der Waals surface area (Å²) in [4.78, 5) is 50.5. The Morgan fingerprint density at radius 1 is 0.972 bits per heavy atom. The Balaban J connectivity index is 1.98. The molecule has 1 unspecified atom stereocenters. The van der Waals surface area contributed by atoms with Crippen LogP contribution in [-0.2, 0) is 14.3 Å². The fourth-order valence-electron chi connectivity index (χ4n) is 4.11. The number of carbonyl (C=O) groups excluding carboxylic acids is 3. The average Bonchev–Trinajstić information content (AvgIpc) is 3.17. The Hall–Kier alpha value is -4.99. The number of methoxy groups -OCH3 is 2. The molecule has 1 amide bonds. The summed E-state index contributed by atoms with van der Waals surface area (Å²) in [5, 5.41) is 22.5. The lowest BCUT2D eigenvalue weighted by Crippen LogP contribution is -2.29. The Morgan fingerprint density at radius 3 is 2.36 bits per heavy atom. The van der Waals surface area contributed by atoms with Gasteiger partial charge in [-0.05, 0) is 24.3 Å². The first-order chi connectivity index (χ1) is 17.3. The van der Waals surface area contributed by atoms with E-state index in [1.807, 2.05) is 0 Å². The van der Waals surface area contributed by atoms with E-state index >= 15 is 0 Å². The standard InChI is InChI=1S/C26H20N2O8/c1-35-20-12-4-3-11-19(20)22-21(23(29)15-7-5-10-18(13-15)28(33)34)24(30)25(31)27(22)17-9-6-8-16(14-17)26(32)36-2/h3-14,22,29H,1-2H3/b23-21+. The molecule has 4 rings (SSSR count). The molecule has 1 N–H and O–H groups in total. The fourth-order valence-corrected chi connectivity index (χ4v) is 4.11. The van der Waals surface area contributed by atoms with Crippen LogP contribution in [0.5, 0.6) is 5.75 Å². The quantitative estimate of drug-likeness (QED) is 0.137. The number of nitrogens with zero attached hydrogens (tertiary/aromatic N) is 2. The van der Waals surface area contributed by atoms with Crippen molar-refractivity contribution < 1.29 is 33.9 Å². The highest BCUT2D eigenvalue weighted by atomic mass is 16.6. The van der Waals surface area contributed by atoms with Crippen LogP contribution in [0.1, 0.15) is 27.5 Å². The number of carbonyl (C=O) groups is 3. The Morgan fingerprint density at radius 2 is 1.67 bits per heavy atom. The van der Waals surface area contributed by atoms with E-state index in [4.69, 9.17) is 9.47 Å². The van der Waals surface area contributed by atoms with E-state index in [-0.39, 0.29) is 28.1 Å². The van der Waals surface area contributed by atoms with Crippen molar-refractivity contribution in [3.63, 3.8) is 0 Å². The first kappa shape index (κ1) is 24.1. The first-order valence-corrected chi connectivity index (χ1v) is 10.7. The van der Waals surface area contributed by atoms with Crippen LogP contribution in [0.2, 0.25) is 0 Å². The molecular weight excluding hydrogens is 468 g/mol. The zero-order valence-corrected chi connectivity index (χ0v) is 19.2. The number of amides is 1. The molecule has 1 aliphatic heterocycles. The van der Waals surface area contributed by atoms with E-state index in [0.29, 0.717) is 11.3 Å². The highest BCUT2D eigenvalue weighted by molar-refractivity contribution is 6.51. The summed E-state index contributed by atoms with van der Waals surface area (Å²) >= 11 is 0. The van der Waals surface area contributed by atoms with Gasteiger partial charge in [-0.3, -0.25) is 24.6 Å². The van der Waals surface area contributed by atoms with Crippen LogP contribution in [0.3, 0.4) is 0 Å². The van der Waals surface area contributed by atoms with Gasteiger partial charge in [0, 0.05) is 28.9 Å². The van der Waals surface area contributed by atoms with Gasteiger partial charge in [-0.2, -0.15) is 0 Å². The number of hydrogen-bond donors (Lipinski definition) is 1. The van der Waals surface area contributed by atoms with E-state index in [9.17, 15) is 29.6 Å². The molecule has 0 radical (unpaired) electrons. The number of benzene rings is 3. The lowest BCUT2D eigenvalue weighted by Gasteiger charge is -2.27. The summed E-state index contributed by atoms with van der Waals surface area (Å²) in [6.07, 6.45) is 0. The lowest BCUT2D eigenvalue weighted by molar-refractivity contribution is -0.384. The number of anilines is 1. The SMILES string of the molecule is COC(=O)c1cccc(N2C(=O)C(=O)/C(=C(/O)c3cccc([N+](=O)[O-])c3)C2c2ccccc2OC)c1. The molecule has 182 valence electrons. The van der Waals surface area contributed by atoms with Crippen LogP contribution in [-0.4, -0.2) is 41.9 Å². The van der Waals surface area contributed by atoms with Gasteiger partial charge in [-0.1, -0.05) is 36.4 Å². The van der Waals surface area contributed by atoms with Gasteiger partial charge in [0.15, 0.2) is 0 Å². The van der Waals surface area contributed by atoms with Gasteiger partial charge in [-0.15, -0.1) is 0 Å². The minimum Gasteiger partial charge on any atom is -0.507 e. The van der Waals surface area contributed by atoms with Crippen molar-refractivity contribution in [1.29, 1.82) is 0 Å². The molecular formula is C26H20N2O8. The van der Waals surface area contributed by atoms with Gasteiger partial charge in [0.05, 0.1) is 36.3 Å². The molecule has 1 heterocycles. The third kappa shape index (κ3) is 4.16. The van der Waals surface area contributed by atoms with Crippen molar-refractivity contribution in [1.82, 2.24) is 0 Å². The van der Waals surface area contributed by atoms with Gasteiger partial charge in [-0.25, -0.2) is 4.79 Å². The molecule has 0 spiro atoms. The van der Waals surface area contributed by atoms with Gasteiger partial charge in [0.1, 0.15) is 11.5 Å². The predicted octanol–water partition coefficient (Wildman–Crippen LogP) is 4.02. The van der Waals surface area contributed by atoms with E-state index in [2.05, 4.69) is 0 Å². The number of ether oxygens (including phenoxy) is 2. The molecule has 0 bridgehead atoms. The van der Waals surface area contributed by atoms with Crippen LogP contribution in [0.25, 0.3) is 5.76 Å². The van der Waals surface area contributed by atoms with Crippen molar-refractivity contribution in [2.45, 2.75) is 6.04 Å². The highest BCUT2D eigenvalue weighted by Crippen LogP contribution is 2.45. The topological polar surface area (TPSA) is 136 Å². The van der Waals surface area contributed by atoms with Crippen LogP contribution in [0, 0.1) is 10.1 Å². The molecule has 1 atom stereocenters. The van der Waals surface area contributed by atoms with Crippen LogP contribution < -0.4 is 9.64 Å². The number of non-ortho nitro benzene ring substituents is 1. The molecule has 3 aromatic carbocycles. The van der Waals surface area contributed by atoms with Crippen molar-refractivity contribution >= 4 is 34.8 Å². The summed E-state index contributed by atoms with van der Waals surface area (Å²) in [6.45, 7) is 0. The Kier molecular flexibility index (Phi) is 6.51. The summed E-state index contributed by atoms with van der Waals surface area (Å²) < 4.78 is 10.2. The van der Waals surface area contributed by atoms with Gasteiger partial charge in [0.2, 0.25) is 0 Å². The van der Waals surface area contributed by atoms with E-state index in [1.165, 1.54) is 56.7 Å². The van der Waals surface area contributed by atoms with E-state index in [1.54, 1.807) is 24.3 Å². The zero-order chi connectivity index (χ0) is 26.0. The van der Waals surface area contributed by atoms with Crippen molar-refractivity contribution in [3.05, 3.63) is 105 Å². The summed E-state index contributed by atoms with van der Waals surface area (Å²) in [5.41, 5.74) is 0.143. The maximum absolute atomic E-state index is 13.3. The number of rotatable bonds is 6. The molecule has 1 saturated heterocycles. The second-order valence-corrected chi connectivity index (χ2v) is 7.76. The highest BCUT2D eigenvalue weighted by Gasteiger charge is 2.48. The number of ketones is 1. The van der Waals surface area contributed by atoms with Crippen LogP contribution >= 0.6 is 0 Å². The molecule has 1 aliphatic rings.